The summed E-state index contributed by atoms with van der Waals surface area (Å²) in [5.41, 5.74) is 6.76. The van der Waals surface area contributed by atoms with E-state index in [9.17, 15) is 4.79 Å². The number of nitrogens with one attached hydrogen (secondary N) is 1. The lowest BCUT2D eigenvalue weighted by Gasteiger charge is -2.23. The Hall–Kier alpha value is -1.65. The Kier molecular flexibility index (Phi) is 4.60. The number of hydrogen-bond donors (Lipinski definition) is 2. The maximum Gasteiger partial charge on any atom is 0.252 e. The topological polar surface area (TPSA) is 80.9 Å². The number of primary amides is 1. The van der Waals surface area contributed by atoms with Crippen molar-refractivity contribution in [2.45, 2.75) is 64.3 Å². The summed E-state index contributed by atoms with van der Waals surface area (Å²) in [6, 6.07) is 0.460. The number of hydrogen-bond acceptors (Lipinski definition) is 4. The van der Waals surface area contributed by atoms with E-state index in [2.05, 4.69) is 22.2 Å². The highest BCUT2D eigenvalue weighted by molar-refractivity contribution is 5.93. The fraction of sp³-hybridized carbons (Fsp3) is 0.706. The van der Waals surface area contributed by atoms with Crippen molar-refractivity contribution in [2.24, 2.45) is 17.6 Å². The second-order valence-electron chi connectivity index (χ2n) is 6.92. The van der Waals surface area contributed by atoms with Crippen molar-refractivity contribution >= 4 is 11.9 Å². The fourth-order valence-electron chi connectivity index (χ4n) is 3.41. The summed E-state index contributed by atoms with van der Waals surface area (Å²) in [4.78, 5) is 20.5. The Bertz CT molecular complexity index is 535. The first-order valence-corrected chi connectivity index (χ1v) is 8.55. The van der Waals surface area contributed by atoms with Crippen molar-refractivity contribution < 1.29 is 4.79 Å². The maximum atomic E-state index is 11.6. The molecular weight excluding hydrogens is 276 g/mol. The van der Waals surface area contributed by atoms with Crippen LogP contribution in [0.2, 0.25) is 0 Å². The van der Waals surface area contributed by atoms with Crippen molar-refractivity contribution in [3.05, 3.63) is 17.5 Å². The highest BCUT2D eigenvalue weighted by Gasteiger charge is 2.29. The smallest absolute Gasteiger partial charge is 0.252 e. The third kappa shape index (κ3) is 3.76. The molecule has 22 heavy (non-hydrogen) atoms. The number of rotatable bonds is 6. The van der Waals surface area contributed by atoms with Crippen LogP contribution in [0.25, 0.3) is 0 Å². The quantitative estimate of drug-likeness (QED) is 0.846. The highest BCUT2D eigenvalue weighted by Crippen LogP contribution is 2.38. The van der Waals surface area contributed by atoms with Gasteiger partial charge in [-0.2, -0.15) is 0 Å². The van der Waals surface area contributed by atoms with Gasteiger partial charge < -0.3 is 11.1 Å². The molecule has 1 amide bonds. The van der Waals surface area contributed by atoms with Crippen LogP contribution in [-0.2, 0) is 6.42 Å². The molecule has 5 heteroatoms. The summed E-state index contributed by atoms with van der Waals surface area (Å²) in [5, 5.41) is 3.43. The van der Waals surface area contributed by atoms with Gasteiger partial charge in [-0.25, -0.2) is 9.97 Å². The average molecular weight is 302 g/mol. The molecule has 2 fully saturated rings. The Morgan fingerprint density at radius 3 is 2.68 bits per heavy atom. The molecule has 5 nitrogen and oxygen atoms in total. The lowest BCUT2D eigenvalue weighted by Crippen LogP contribution is -2.25. The number of amides is 1. The predicted molar refractivity (Wildman–Crippen MR) is 86.6 cm³/mol. The van der Waals surface area contributed by atoms with E-state index in [-0.39, 0.29) is 0 Å². The molecule has 0 aromatic carbocycles. The molecule has 0 saturated heterocycles. The van der Waals surface area contributed by atoms with Crippen LogP contribution in [0.4, 0.5) is 5.95 Å². The molecule has 1 aromatic rings. The Labute approximate surface area is 132 Å². The van der Waals surface area contributed by atoms with E-state index in [0.29, 0.717) is 23.5 Å². The predicted octanol–water partition coefficient (Wildman–Crippen LogP) is 2.91. The molecule has 3 rings (SSSR count). The van der Waals surface area contributed by atoms with E-state index in [4.69, 9.17) is 5.73 Å². The lowest BCUT2D eigenvalue weighted by molar-refractivity contribution is 0.0998. The lowest BCUT2D eigenvalue weighted by atomic mass is 9.95. The van der Waals surface area contributed by atoms with Crippen LogP contribution >= 0.6 is 0 Å². The van der Waals surface area contributed by atoms with Crippen LogP contribution in [0.1, 0.15) is 67.9 Å². The summed E-state index contributed by atoms with van der Waals surface area (Å²) >= 11 is 0. The van der Waals surface area contributed by atoms with Crippen molar-refractivity contribution in [3.8, 4) is 0 Å². The monoisotopic (exact) mass is 302 g/mol. The van der Waals surface area contributed by atoms with Gasteiger partial charge in [0.15, 0.2) is 0 Å². The van der Waals surface area contributed by atoms with Crippen molar-refractivity contribution in [3.63, 3.8) is 0 Å². The molecule has 3 N–H and O–H groups in total. The van der Waals surface area contributed by atoms with E-state index in [1.165, 1.54) is 44.9 Å². The first-order valence-electron chi connectivity index (χ1n) is 8.55. The minimum atomic E-state index is -0.429. The molecule has 0 unspecified atom stereocenters. The second-order valence-corrected chi connectivity index (χ2v) is 6.92. The molecule has 2 aliphatic carbocycles. The average Bonchev–Trinajstić information content (AvgIpc) is 3.33. The van der Waals surface area contributed by atoms with E-state index in [1.54, 1.807) is 6.20 Å². The van der Waals surface area contributed by atoms with Crippen LogP contribution in [-0.4, -0.2) is 21.9 Å². The number of nitrogens with zero attached hydrogens (tertiary/aromatic N) is 2. The van der Waals surface area contributed by atoms with E-state index in [1.807, 2.05) is 0 Å². The summed E-state index contributed by atoms with van der Waals surface area (Å²) in [5.74, 6) is 1.55. The Morgan fingerprint density at radius 2 is 2.05 bits per heavy atom. The fourth-order valence-corrected chi connectivity index (χ4v) is 3.41. The zero-order valence-corrected chi connectivity index (χ0v) is 13.3. The molecule has 2 aliphatic rings. The molecule has 0 radical (unpaired) electrons. The second kappa shape index (κ2) is 6.63. The van der Waals surface area contributed by atoms with Gasteiger partial charge in [0.05, 0.1) is 11.3 Å². The standard InChI is InChI=1S/C17H26N4O/c1-11(12-7-8-12)9-15-14(16(18)22)10-19-17(21-15)20-13-5-3-2-4-6-13/h10-13H,2-9H2,1H3,(H2,18,22)(H,19,20,21)/t11-/m0/s1. The van der Waals surface area contributed by atoms with Crippen molar-refractivity contribution in [1.29, 1.82) is 0 Å². The van der Waals surface area contributed by atoms with Gasteiger partial charge in [0.1, 0.15) is 0 Å². The minimum absolute atomic E-state index is 0.429. The summed E-state index contributed by atoms with van der Waals surface area (Å²) < 4.78 is 0. The number of nitrogens with two attached hydrogens (primary N) is 1. The molecule has 1 aromatic heterocycles. The van der Waals surface area contributed by atoms with Gasteiger partial charge >= 0.3 is 0 Å². The minimum Gasteiger partial charge on any atom is -0.365 e. The van der Waals surface area contributed by atoms with Crippen LogP contribution in [0.3, 0.4) is 0 Å². The van der Waals surface area contributed by atoms with Gasteiger partial charge in [-0.3, -0.25) is 4.79 Å². The number of carbonyl (C=O) groups is 1. The normalized spacial score (nSPS) is 20.6. The number of aromatic nitrogens is 2. The first kappa shape index (κ1) is 15.3. The molecular formula is C17H26N4O. The molecule has 0 bridgehead atoms. The Balaban J connectivity index is 1.74. The summed E-state index contributed by atoms with van der Waals surface area (Å²) in [6.45, 7) is 2.23. The third-order valence-electron chi connectivity index (χ3n) is 5.01. The molecule has 2 saturated carbocycles. The third-order valence-corrected chi connectivity index (χ3v) is 5.01. The molecule has 1 atom stereocenters. The van der Waals surface area contributed by atoms with E-state index in [0.717, 1.165) is 18.0 Å². The molecule has 0 spiro atoms. The first-order chi connectivity index (χ1) is 10.6. The molecule has 0 aliphatic heterocycles. The number of carbonyl (C=O) groups excluding carboxylic acids is 1. The SMILES string of the molecule is C[C@@H](Cc1nc(NC2CCCCC2)ncc1C(N)=O)C1CC1. The zero-order chi connectivity index (χ0) is 15.5. The van der Waals surface area contributed by atoms with Gasteiger partial charge in [0.2, 0.25) is 5.95 Å². The zero-order valence-electron chi connectivity index (χ0n) is 13.3. The highest BCUT2D eigenvalue weighted by atomic mass is 16.1. The molecule has 1 heterocycles. The number of anilines is 1. The van der Waals surface area contributed by atoms with Crippen molar-refractivity contribution in [2.75, 3.05) is 5.32 Å². The van der Waals surface area contributed by atoms with E-state index >= 15 is 0 Å². The Morgan fingerprint density at radius 1 is 1.32 bits per heavy atom. The van der Waals surface area contributed by atoms with Gasteiger partial charge in [0.25, 0.3) is 5.91 Å². The van der Waals surface area contributed by atoms with Crippen LogP contribution < -0.4 is 11.1 Å². The maximum absolute atomic E-state index is 11.6. The van der Waals surface area contributed by atoms with E-state index < -0.39 is 5.91 Å². The van der Waals surface area contributed by atoms with Gasteiger partial charge in [-0.15, -0.1) is 0 Å². The van der Waals surface area contributed by atoms with Crippen molar-refractivity contribution in [1.82, 2.24) is 9.97 Å². The van der Waals surface area contributed by atoms with Crippen LogP contribution in [0, 0.1) is 11.8 Å². The van der Waals surface area contributed by atoms with Gasteiger partial charge in [-0.05, 0) is 43.9 Å². The summed E-state index contributed by atoms with van der Waals surface area (Å²) in [6.07, 6.45) is 11.2. The van der Waals surface area contributed by atoms with Gasteiger partial charge in [0, 0.05) is 12.2 Å². The van der Waals surface area contributed by atoms with Crippen LogP contribution in [0.5, 0.6) is 0 Å². The summed E-state index contributed by atoms with van der Waals surface area (Å²) in [7, 11) is 0. The van der Waals surface area contributed by atoms with Gasteiger partial charge in [-0.1, -0.05) is 26.2 Å². The van der Waals surface area contributed by atoms with Crippen LogP contribution in [0.15, 0.2) is 6.20 Å². The molecule has 120 valence electrons. The largest absolute Gasteiger partial charge is 0.365 e.